The number of hydrogen-bond donors (Lipinski definition) is 2. The molecule has 2 aromatic rings. The van der Waals surface area contributed by atoms with E-state index in [2.05, 4.69) is 10.3 Å². The quantitative estimate of drug-likeness (QED) is 0.407. The molecule has 35 heavy (non-hydrogen) atoms. The van der Waals surface area contributed by atoms with E-state index < -0.39 is 49.1 Å². The van der Waals surface area contributed by atoms with E-state index in [1.807, 2.05) is 4.90 Å². The predicted molar refractivity (Wildman–Crippen MR) is 129 cm³/mol. The Morgan fingerprint density at radius 1 is 1.20 bits per heavy atom. The van der Waals surface area contributed by atoms with Gasteiger partial charge in [-0.05, 0) is 49.1 Å². The topological polar surface area (TPSA) is 105 Å². The van der Waals surface area contributed by atoms with Crippen molar-refractivity contribution in [1.82, 2.24) is 10.3 Å². The molecule has 0 saturated carbocycles. The van der Waals surface area contributed by atoms with Gasteiger partial charge < -0.3 is 16.0 Å². The molecule has 2 heterocycles. The number of halogens is 4. The molecule has 7 nitrogen and oxygen atoms in total. The van der Waals surface area contributed by atoms with Gasteiger partial charge in [-0.15, -0.1) is 0 Å². The Hall–Kier alpha value is -2.53. The third-order valence-corrected chi connectivity index (χ3v) is 7.35. The SMILES string of the molecule is CC(C(=O)NCc1ccc(C(F)(F)Cl)nc1N1CCCCCC1)c1ccc(S(C)(=O)=O)c(F)c1N. The van der Waals surface area contributed by atoms with Gasteiger partial charge in [0.1, 0.15) is 16.4 Å². The van der Waals surface area contributed by atoms with E-state index in [9.17, 15) is 26.4 Å². The lowest BCUT2D eigenvalue weighted by Gasteiger charge is -2.26. The number of nitrogen functional groups attached to an aromatic ring is 1. The molecule has 3 N–H and O–H groups in total. The number of sulfone groups is 1. The smallest absolute Gasteiger partial charge is 0.364 e. The highest BCUT2D eigenvalue weighted by atomic mass is 35.5. The van der Waals surface area contributed by atoms with E-state index in [0.29, 0.717) is 24.5 Å². The zero-order valence-corrected chi connectivity index (χ0v) is 21.0. The fraction of sp³-hybridized carbons (Fsp3) is 0.478. The summed E-state index contributed by atoms with van der Waals surface area (Å²) < 4.78 is 65.4. The predicted octanol–water partition coefficient (Wildman–Crippen LogP) is 4.29. The van der Waals surface area contributed by atoms with Crippen molar-refractivity contribution in [1.29, 1.82) is 0 Å². The number of carbonyl (C=O) groups is 1. The minimum absolute atomic E-state index is 0.0139. The van der Waals surface area contributed by atoms with Crippen molar-refractivity contribution in [2.75, 3.05) is 30.0 Å². The highest BCUT2D eigenvalue weighted by Crippen LogP contribution is 2.34. The Balaban J connectivity index is 1.83. The largest absolute Gasteiger partial charge is 0.396 e. The maximum atomic E-state index is 14.5. The molecule has 1 unspecified atom stereocenters. The number of nitrogens with two attached hydrogens (primary N) is 1. The fourth-order valence-electron chi connectivity index (χ4n) is 4.06. The normalized spacial score (nSPS) is 16.0. The first-order chi connectivity index (χ1) is 16.3. The number of nitrogens with one attached hydrogen (secondary N) is 1. The zero-order valence-electron chi connectivity index (χ0n) is 19.5. The second-order valence-electron chi connectivity index (χ2n) is 8.67. The number of aromatic nitrogens is 1. The van der Waals surface area contributed by atoms with Crippen molar-refractivity contribution in [3.8, 4) is 0 Å². The van der Waals surface area contributed by atoms with Crippen molar-refractivity contribution in [3.63, 3.8) is 0 Å². The lowest BCUT2D eigenvalue weighted by molar-refractivity contribution is -0.122. The molecule has 1 aliphatic rings. The van der Waals surface area contributed by atoms with Gasteiger partial charge in [-0.2, -0.15) is 8.78 Å². The Bertz CT molecular complexity index is 1200. The molecule has 1 aliphatic heterocycles. The Morgan fingerprint density at radius 3 is 2.40 bits per heavy atom. The maximum Gasteiger partial charge on any atom is 0.364 e. The Labute approximate surface area is 207 Å². The number of nitrogens with zero attached hydrogens (tertiary/aromatic N) is 2. The van der Waals surface area contributed by atoms with Gasteiger partial charge in [0.2, 0.25) is 5.91 Å². The molecule has 3 rings (SSSR count). The minimum atomic E-state index is -3.83. The lowest BCUT2D eigenvalue weighted by Crippen LogP contribution is -2.31. The average molecular weight is 533 g/mol. The highest BCUT2D eigenvalue weighted by molar-refractivity contribution is 7.90. The number of carbonyl (C=O) groups excluding carboxylic acids is 1. The van der Waals surface area contributed by atoms with Crippen LogP contribution in [0.25, 0.3) is 0 Å². The number of alkyl halides is 3. The maximum absolute atomic E-state index is 14.5. The van der Waals surface area contributed by atoms with Crippen LogP contribution in [0, 0.1) is 5.82 Å². The third-order valence-electron chi connectivity index (χ3n) is 6.04. The van der Waals surface area contributed by atoms with Gasteiger partial charge in [-0.1, -0.05) is 25.0 Å². The van der Waals surface area contributed by atoms with Gasteiger partial charge in [0.05, 0.1) is 11.6 Å². The number of rotatable bonds is 7. The number of pyridine rings is 1. The molecule has 1 atom stereocenters. The highest BCUT2D eigenvalue weighted by Gasteiger charge is 2.31. The molecule has 0 spiro atoms. The van der Waals surface area contributed by atoms with E-state index in [-0.39, 0.29) is 12.1 Å². The molecule has 0 bridgehead atoms. The first-order valence-electron chi connectivity index (χ1n) is 11.2. The molecule has 0 radical (unpaired) electrons. The molecular formula is C23H28ClF3N4O3S. The number of benzene rings is 1. The lowest BCUT2D eigenvalue weighted by atomic mass is 9.98. The van der Waals surface area contributed by atoms with Crippen LogP contribution in [-0.4, -0.2) is 38.7 Å². The minimum Gasteiger partial charge on any atom is -0.396 e. The van der Waals surface area contributed by atoms with E-state index in [0.717, 1.165) is 44.1 Å². The molecule has 1 saturated heterocycles. The number of hydrogen-bond acceptors (Lipinski definition) is 6. The first-order valence-corrected chi connectivity index (χ1v) is 13.5. The van der Waals surface area contributed by atoms with Crippen molar-refractivity contribution in [3.05, 3.63) is 46.9 Å². The van der Waals surface area contributed by atoms with Gasteiger partial charge in [-0.3, -0.25) is 4.79 Å². The Morgan fingerprint density at radius 2 is 1.83 bits per heavy atom. The zero-order chi connectivity index (χ0) is 26.0. The molecule has 1 fully saturated rings. The summed E-state index contributed by atoms with van der Waals surface area (Å²) in [7, 11) is -3.83. The van der Waals surface area contributed by atoms with Gasteiger partial charge in [0.25, 0.3) is 0 Å². The van der Waals surface area contributed by atoms with Gasteiger partial charge in [-0.25, -0.2) is 17.8 Å². The average Bonchev–Trinajstić information content (AvgIpc) is 3.06. The van der Waals surface area contributed by atoms with Gasteiger partial charge in [0, 0.05) is 31.5 Å². The van der Waals surface area contributed by atoms with E-state index >= 15 is 0 Å². The van der Waals surface area contributed by atoms with Crippen LogP contribution >= 0.6 is 11.6 Å². The van der Waals surface area contributed by atoms with E-state index in [1.165, 1.54) is 19.1 Å². The van der Waals surface area contributed by atoms with Crippen molar-refractivity contribution >= 4 is 38.9 Å². The summed E-state index contributed by atoms with van der Waals surface area (Å²) >= 11 is 5.19. The van der Waals surface area contributed by atoms with Crippen LogP contribution in [0.1, 0.15) is 55.3 Å². The third kappa shape index (κ3) is 6.38. The summed E-state index contributed by atoms with van der Waals surface area (Å²) in [5.74, 6) is -2.17. The monoisotopic (exact) mass is 532 g/mol. The molecule has 1 aromatic carbocycles. The van der Waals surface area contributed by atoms with Crippen LogP contribution in [0.15, 0.2) is 29.2 Å². The molecular weight excluding hydrogens is 505 g/mol. The summed E-state index contributed by atoms with van der Waals surface area (Å²) in [5.41, 5.74) is 5.47. The standard InChI is InChI=1S/C23H28ClF3N4O3S/c1-14(16-8-9-17(35(2,33)34)19(25)20(16)28)22(32)29-13-15-7-10-18(23(24,26)27)30-21(15)31-11-5-3-4-6-12-31/h7-10,14H,3-6,11-13,28H2,1-2H3,(H,29,32). The van der Waals surface area contributed by atoms with Gasteiger partial charge in [0.15, 0.2) is 15.7 Å². The van der Waals surface area contributed by atoms with Crippen molar-refractivity contribution < 1.29 is 26.4 Å². The number of amides is 1. The summed E-state index contributed by atoms with van der Waals surface area (Å²) in [4.78, 5) is 18.3. The van der Waals surface area contributed by atoms with Crippen LogP contribution in [0.4, 0.5) is 24.7 Å². The summed E-state index contributed by atoms with van der Waals surface area (Å²) in [5, 5.41) is -0.909. The molecule has 12 heteroatoms. The van der Waals surface area contributed by atoms with Gasteiger partial charge >= 0.3 is 5.38 Å². The molecule has 1 amide bonds. The summed E-state index contributed by atoms with van der Waals surface area (Å²) in [6, 6.07) is 4.96. The van der Waals surface area contributed by atoms with E-state index in [4.69, 9.17) is 17.3 Å². The summed E-state index contributed by atoms with van der Waals surface area (Å²) in [6.07, 6.45) is 4.70. The van der Waals surface area contributed by atoms with Crippen molar-refractivity contribution in [2.45, 2.75) is 55.3 Å². The van der Waals surface area contributed by atoms with Crippen LogP contribution in [0.2, 0.25) is 0 Å². The van der Waals surface area contributed by atoms with E-state index in [1.54, 1.807) is 0 Å². The van der Waals surface area contributed by atoms with Crippen LogP contribution < -0.4 is 16.0 Å². The van der Waals surface area contributed by atoms with Crippen LogP contribution in [0.5, 0.6) is 0 Å². The number of anilines is 2. The first kappa shape index (κ1) is 27.1. The second kappa shape index (κ2) is 10.6. The van der Waals surface area contributed by atoms with Crippen molar-refractivity contribution in [2.24, 2.45) is 0 Å². The molecule has 192 valence electrons. The van der Waals surface area contributed by atoms with Crippen LogP contribution in [0.3, 0.4) is 0 Å². The summed E-state index contributed by atoms with van der Waals surface area (Å²) in [6.45, 7) is 2.78. The molecule has 0 aliphatic carbocycles. The second-order valence-corrected chi connectivity index (χ2v) is 11.1. The molecule has 1 aromatic heterocycles. The fourth-order valence-corrected chi connectivity index (χ4v) is 4.91. The Kier molecular flexibility index (Phi) is 8.21. The van der Waals surface area contributed by atoms with Crippen LogP contribution in [-0.2, 0) is 26.6 Å².